The lowest BCUT2D eigenvalue weighted by Crippen LogP contribution is -2.52. The summed E-state index contributed by atoms with van der Waals surface area (Å²) in [7, 11) is 0. The summed E-state index contributed by atoms with van der Waals surface area (Å²) in [4.78, 5) is 2.26. The monoisotopic (exact) mass is 196 g/mol. The van der Waals surface area contributed by atoms with Crippen LogP contribution in [0.5, 0.6) is 0 Å². The van der Waals surface area contributed by atoms with Crippen molar-refractivity contribution >= 4 is 0 Å². The minimum atomic E-state index is -0.277. The molecule has 3 heteroatoms. The molecule has 0 bridgehead atoms. The van der Waals surface area contributed by atoms with Crippen LogP contribution in [0.25, 0.3) is 0 Å². The topological polar surface area (TPSA) is 36.3 Å². The maximum Gasteiger partial charge on any atom is 0.113 e. The summed E-state index contributed by atoms with van der Waals surface area (Å²) < 4.78 is 5.50. The molecule has 1 heterocycles. The molecule has 1 fully saturated rings. The predicted octanol–water partition coefficient (Wildman–Crippen LogP) is 1.79. The third-order valence-corrected chi connectivity index (χ3v) is 3.12. The minimum absolute atomic E-state index is 0.212. The minimum Gasteiger partial charge on any atom is -0.378 e. The van der Waals surface area contributed by atoms with E-state index in [1.54, 1.807) is 0 Å². The molecule has 1 aliphatic heterocycles. The highest BCUT2D eigenvalue weighted by Gasteiger charge is 2.39. The Kier molecular flexibility index (Phi) is 3.91. The molecule has 2 atom stereocenters. The van der Waals surface area contributed by atoms with E-state index in [1.807, 2.05) is 0 Å². The van der Waals surface area contributed by atoms with Crippen molar-refractivity contribution in [2.45, 2.75) is 45.3 Å². The smallest absolute Gasteiger partial charge is 0.113 e. The van der Waals surface area contributed by atoms with E-state index in [-0.39, 0.29) is 11.6 Å². The largest absolute Gasteiger partial charge is 0.378 e. The fourth-order valence-electron chi connectivity index (χ4n) is 2.35. The van der Waals surface area contributed by atoms with Crippen LogP contribution in [0.3, 0.4) is 0 Å². The quantitative estimate of drug-likeness (QED) is 0.690. The zero-order chi connectivity index (χ0) is 10.6. The van der Waals surface area contributed by atoms with Crippen LogP contribution in [-0.2, 0) is 4.74 Å². The SMILES string of the molecule is CCN(CC)C1(C#N)CCOC(C)C1. The third-order valence-electron chi connectivity index (χ3n) is 3.12. The van der Waals surface area contributed by atoms with E-state index in [0.29, 0.717) is 6.61 Å². The molecule has 0 radical (unpaired) electrons. The van der Waals surface area contributed by atoms with E-state index in [0.717, 1.165) is 25.9 Å². The second kappa shape index (κ2) is 4.77. The van der Waals surface area contributed by atoms with Gasteiger partial charge in [-0.25, -0.2) is 0 Å². The molecule has 0 amide bonds. The van der Waals surface area contributed by atoms with Crippen molar-refractivity contribution in [2.24, 2.45) is 0 Å². The third kappa shape index (κ3) is 2.08. The molecule has 0 saturated carbocycles. The van der Waals surface area contributed by atoms with Crippen molar-refractivity contribution in [3.05, 3.63) is 0 Å². The molecule has 0 N–H and O–H groups in total. The Labute approximate surface area is 86.6 Å². The highest BCUT2D eigenvalue weighted by atomic mass is 16.5. The molecule has 0 aromatic carbocycles. The van der Waals surface area contributed by atoms with Crippen molar-refractivity contribution in [2.75, 3.05) is 19.7 Å². The van der Waals surface area contributed by atoms with E-state index < -0.39 is 0 Å². The van der Waals surface area contributed by atoms with Crippen LogP contribution in [0.1, 0.15) is 33.6 Å². The van der Waals surface area contributed by atoms with Gasteiger partial charge in [0.1, 0.15) is 5.54 Å². The van der Waals surface area contributed by atoms with E-state index in [2.05, 4.69) is 31.7 Å². The maximum absolute atomic E-state index is 9.34. The Morgan fingerprint density at radius 1 is 1.50 bits per heavy atom. The molecule has 1 saturated heterocycles. The summed E-state index contributed by atoms with van der Waals surface area (Å²) in [5.41, 5.74) is -0.277. The molecule has 80 valence electrons. The first-order valence-corrected chi connectivity index (χ1v) is 5.46. The Hall–Kier alpha value is -0.590. The van der Waals surface area contributed by atoms with E-state index in [1.165, 1.54) is 0 Å². The summed E-state index contributed by atoms with van der Waals surface area (Å²) in [6.45, 7) is 8.87. The average Bonchev–Trinajstić information content (AvgIpc) is 2.19. The summed E-state index contributed by atoms with van der Waals surface area (Å²) in [5, 5.41) is 9.34. The van der Waals surface area contributed by atoms with Crippen molar-refractivity contribution < 1.29 is 4.74 Å². The summed E-state index contributed by atoms with van der Waals surface area (Å²) >= 11 is 0. The molecule has 0 aliphatic carbocycles. The van der Waals surface area contributed by atoms with Crippen LogP contribution >= 0.6 is 0 Å². The molecule has 0 aromatic rings. The first-order chi connectivity index (χ1) is 6.68. The Balaban J connectivity index is 2.79. The number of ether oxygens (including phenoxy) is 1. The molecular formula is C11H20N2O. The second-order valence-electron chi connectivity index (χ2n) is 3.95. The summed E-state index contributed by atoms with van der Waals surface area (Å²) in [6, 6.07) is 2.50. The second-order valence-corrected chi connectivity index (χ2v) is 3.95. The Morgan fingerprint density at radius 3 is 2.57 bits per heavy atom. The van der Waals surface area contributed by atoms with Crippen molar-refractivity contribution in [3.63, 3.8) is 0 Å². The lowest BCUT2D eigenvalue weighted by molar-refractivity contribution is -0.0413. The van der Waals surface area contributed by atoms with Gasteiger partial charge in [0.05, 0.1) is 12.2 Å². The van der Waals surface area contributed by atoms with Crippen LogP contribution in [0.4, 0.5) is 0 Å². The van der Waals surface area contributed by atoms with Gasteiger partial charge in [-0.05, 0) is 20.0 Å². The van der Waals surface area contributed by atoms with E-state index in [4.69, 9.17) is 4.74 Å². The van der Waals surface area contributed by atoms with Gasteiger partial charge in [-0.15, -0.1) is 0 Å². The van der Waals surface area contributed by atoms with Gasteiger partial charge < -0.3 is 4.74 Å². The molecule has 2 unspecified atom stereocenters. The number of rotatable bonds is 3. The van der Waals surface area contributed by atoms with Gasteiger partial charge >= 0.3 is 0 Å². The first kappa shape index (κ1) is 11.5. The average molecular weight is 196 g/mol. The zero-order valence-electron chi connectivity index (χ0n) is 9.42. The van der Waals surface area contributed by atoms with Crippen LogP contribution in [0.2, 0.25) is 0 Å². The van der Waals surface area contributed by atoms with Gasteiger partial charge in [0.2, 0.25) is 0 Å². The highest BCUT2D eigenvalue weighted by molar-refractivity contribution is 5.10. The molecule has 1 rings (SSSR count). The lowest BCUT2D eigenvalue weighted by atomic mass is 9.86. The van der Waals surface area contributed by atoms with Crippen LogP contribution in [-0.4, -0.2) is 36.2 Å². The predicted molar refractivity (Wildman–Crippen MR) is 55.9 cm³/mol. The molecular weight excluding hydrogens is 176 g/mol. The molecule has 0 spiro atoms. The Bertz CT molecular complexity index is 220. The van der Waals surface area contributed by atoms with Crippen molar-refractivity contribution in [3.8, 4) is 6.07 Å². The summed E-state index contributed by atoms with van der Waals surface area (Å²) in [6.07, 6.45) is 1.89. The number of nitrogens with zero attached hydrogens (tertiary/aromatic N) is 2. The summed E-state index contributed by atoms with van der Waals surface area (Å²) in [5.74, 6) is 0. The van der Waals surface area contributed by atoms with Gasteiger partial charge in [-0.3, -0.25) is 4.90 Å². The standard InChI is InChI=1S/C11H20N2O/c1-4-13(5-2)11(9-12)6-7-14-10(3)8-11/h10H,4-8H2,1-3H3. The maximum atomic E-state index is 9.34. The van der Waals surface area contributed by atoms with Crippen molar-refractivity contribution in [1.82, 2.24) is 4.90 Å². The number of nitriles is 1. The fourth-order valence-corrected chi connectivity index (χ4v) is 2.35. The highest BCUT2D eigenvalue weighted by Crippen LogP contribution is 2.30. The zero-order valence-corrected chi connectivity index (χ0v) is 9.42. The van der Waals surface area contributed by atoms with Crippen LogP contribution in [0, 0.1) is 11.3 Å². The van der Waals surface area contributed by atoms with E-state index in [9.17, 15) is 5.26 Å². The van der Waals surface area contributed by atoms with Gasteiger partial charge in [0.15, 0.2) is 0 Å². The molecule has 3 nitrogen and oxygen atoms in total. The van der Waals surface area contributed by atoms with Gasteiger partial charge in [0.25, 0.3) is 0 Å². The molecule has 0 aromatic heterocycles. The van der Waals surface area contributed by atoms with Crippen molar-refractivity contribution in [1.29, 1.82) is 5.26 Å². The van der Waals surface area contributed by atoms with Crippen LogP contribution in [0.15, 0.2) is 0 Å². The lowest BCUT2D eigenvalue weighted by Gasteiger charge is -2.42. The first-order valence-electron chi connectivity index (χ1n) is 5.46. The molecule has 1 aliphatic rings. The van der Waals surface area contributed by atoms with Gasteiger partial charge in [0, 0.05) is 19.4 Å². The van der Waals surface area contributed by atoms with Crippen LogP contribution < -0.4 is 0 Å². The van der Waals surface area contributed by atoms with Gasteiger partial charge in [-0.2, -0.15) is 5.26 Å². The number of hydrogen-bond donors (Lipinski definition) is 0. The fraction of sp³-hybridized carbons (Fsp3) is 0.909. The number of hydrogen-bond acceptors (Lipinski definition) is 3. The normalized spacial score (nSPS) is 32.9. The van der Waals surface area contributed by atoms with E-state index >= 15 is 0 Å². The van der Waals surface area contributed by atoms with Gasteiger partial charge in [-0.1, -0.05) is 13.8 Å². The Morgan fingerprint density at radius 2 is 2.14 bits per heavy atom. The molecule has 14 heavy (non-hydrogen) atoms.